The fourth-order valence-electron chi connectivity index (χ4n) is 5.58. The molecule has 4 aromatic rings. The normalized spacial score (nSPS) is 16.3. The molecule has 0 radical (unpaired) electrons. The van der Waals surface area contributed by atoms with Crippen LogP contribution >= 0.6 is 12.2 Å². The van der Waals surface area contributed by atoms with Crippen LogP contribution in [0.5, 0.6) is 5.75 Å². The molecule has 1 amide bonds. The van der Waals surface area contributed by atoms with Crippen LogP contribution in [0, 0.1) is 30.9 Å². The van der Waals surface area contributed by atoms with Crippen LogP contribution in [-0.4, -0.2) is 44.0 Å². The minimum Gasteiger partial charge on any atom is -0.495 e. The van der Waals surface area contributed by atoms with E-state index < -0.39 is 4.92 Å². The zero-order valence-electron chi connectivity index (χ0n) is 23.8. The number of ether oxygens (including phenoxy) is 1. The highest BCUT2D eigenvalue weighted by atomic mass is 32.1. The lowest BCUT2D eigenvalue weighted by molar-refractivity contribution is -0.384. The summed E-state index contributed by atoms with van der Waals surface area (Å²) in [4.78, 5) is 30.8. The third-order valence-electron chi connectivity index (χ3n) is 7.48. The Hall–Kier alpha value is -4.77. The molecule has 0 saturated carbocycles. The molecule has 1 aliphatic rings. The summed E-state index contributed by atoms with van der Waals surface area (Å²) in [5.41, 5.74) is 5.87. The number of carbonyl (C=O) groups excluding carboxylic acids is 1. The van der Waals surface area contributed by atoms with Crippen LogP contribution in [0.25, 0.3) is 5.69 Å². The van der Waals surface area contributed by atoms with Gasteiger partial charge in [-0.05, 0) is 80.5 Å². The number of nitro groups is 1. The van der Waals surface area contributed by atoms with Crippen molar-refractivity contribution in [2.45, 2.75) is 39.3 Å². The number of anilines is 1. The number of non-ortho nitro benzene ring substituents is 1. The largest absolute Gasteiger partial charge is 0.495 e. The maximum atomic E-state index is 13.0. The quantitative estimate of drug-likeness (QED) is 0.146. The van der Waals surface area contributed by atoms with Crippen LogP contribution in [0.4, 0.5) is 11.4 Å². The van der Waals surface area contributed by atoms with E-state index in [4.69, 9.17) is 17.0 Å². The highest BCUT2D eigenvalue weighted by Gasteiger charge is 2.41. The molecule has 0 aliphatic carbocycles. The standard InChI is InChI=1S/C31H32N6O4S/c1-19-8-7-9-22(16-19)33-28(38)13-15-35-30(29(34-31(35)42)25-10-5-6-14-32-25)24-17-20(2)36(21(24)3)26-18-23(37(39)40)11-12-27(26)41-4/h5-12,14,16-18,29-30H,13,15H2,1-4H3,(H,33,38)(H,34,42). The average Bonchev–Trinajstić information content (AvgIpc) is 3.45. The molecule has 2 atom stereocenters. The number of thiocarbonyl (C=S) groups is 1. The number of nitrogens with zero attached hydrogens (tertiary/aromatic N) is 4. The maximum absolute atomic E-state index is 13.0. The predicted molar refractivity (Wildman–Crippen MR) is 165 cm³/mol. The van der Waals surface area contributed by atoms with Gasteiger partial charge in [0.25, 0.3) is 5.69 Å². The molecule has 216 valence electrons. The van der Waals surface area contributed by atoms with E-state index in [0.29, 0.717) is 23.1 Å². The van der Waals surface area contributed by atoms with Crippen molar-refractivity contribution in [1.82, 2.24) is 19.8 Å². The van der Waals surface area contributed by atoms with E-state index in [9.17, 15) is 14.9 Å². The zero-order valence-corrected chi connectivity index (χ0v) is 24.6. The van der Waals surface area contributed by atoms with Gasteiger partial charge in [-0.2, -0.15) is 0 Å². The SMILES string of the molecule is COc1ccc([N+](=O)[O-])cc1-n1c(C)cc(C2C(c3ccccn3)NC(=S)N2CCC(=O)Nc2cccc(C)c2)c1C. The molecule has 10 nitrogen and oxygen atoms in total. The van der Waals surface area contributed by atoms with Gasteiger partial charge in [0.15, 0.2) is 5.11 Å². The van der Waals surface area contributed by atoms with Crippen molar-refractivity contribution in [3.05, 3.63) is 111 Å². The number of nitrogens with one attached hydrogen (secondary N) is 2. The summed E-state index contributed by atoms with van der Waals surface area (Å²) in [6.45, 7) is 6.28. The van der Waals surface area contributed by atoms with E-state index in [1.54, 1.807) is 19.4 Å². The molecular formula is C31H32N6O4S. The molecule has 11 heteroatoms. The van der Waals surface area contributed by atoms with Crippen LogP contribution in [-0.2, 0) is 4.79 Å². The fraction of sp³-hybridized carbons (Fsp3) is 0.258. The number of nitro benzene ring substituents is 1. The molecule has 0 bridgehead atoms. The summed E-state index contributed by atoms with van der Waals surface area (Å²) >= 11 is 5.81. The first-order valence-electron chi connectivity index (χ1n) is 13.5. The van der Waals surface area contributed by atoms with Crippen molar-refractivity contribution >= 4 is 34.6 Å². The number of carbonyl (C=O) groups is 1. The Labute approximate surface area is 249 Å². The third kappa shape index (κ3) is 5.68. The molecule has 2 unspecified atom stereocenters. The zero-order chi connectivity index (χ0) is 30.0. The van der Waals surface area contributed by atoms with Crippen LogP contribution < -0.4 is 15.4 Å². The fourth-order valence-corrected chi connectivity index (χ4v) is 5.91. The Bertz CT molecular complexity index is 1650. The maximum Gasteiger partial charge on any atom is 0.271 e. The molecule has 42 heavy (non-hydrogen) atoms. The minimum absolute atomic E-state index is 0.0313. The molecule has 1 fully saturated rings. The summed E-state index contributed by atoms with van der Waals surface area (Å²) in [5, 5.41) is 18.5. The number of rotatable bonds is 9. The van der Waals surface area contributed by atoms with Gasteiger partial charge < -0.3 is 24.8 Å². The first kappa shape index (κ1) is 28.7. The molecule has 5 rings (SSSR count). The molecule has 3 heterocycles. The Balaban J connectivity index is 1.52. The second-order valence-corrected chi connectivity index (χ2v) is 10.6. The Morgan fingerprint density at radius 3 is 2.62 bits per heavy atom. The lowest BCUT2D eigenvalue weighted by atomic mass is 9.96. The van der Waals surface area contributed by atoms with Gasteiger partial charge in [-0.15, -0.1) is 0 Å². The van der Waals surface area contributed by atoms with Crippen molar-refractivity contribution in [1.29, 1.82) is 0 Å². The van der Waals surface area contributed by atoms with E-state index in [0.717, 1.165) is 33.9 Å². The molecule has 2 aromatic carbocycles. The first-order chi connectivity index (χ1) is 20.2. The van der Waals surface area contributed by atoms with Crippen molar-refractivity contribution in [2.75, 3.05) is 19.0 Å². The minimum atomic E-state index is -0.419. The highest BCUT2D eigenvalue weighted by molar-refractivity contribution is 7.80. The van der Waals surface area contributed by atoms with E-state index in [2.05, 4.69) is 21.7 Å². The second-order valence-electron chi connectivity index (χ2n) is 10.3. The Morgan fingerprint density at radius 1 is 1.12 bits per heavy atom. The second kappa shape index (κ2) is 12.0. The summed E-state index contributed by atoms with van der Waals surface area (Å²) in [6, 6.07) is 19.5. The first-order valence-corrected chi connectivity index (χ1v) is 13.9. The smallest absolute Gasteiger partial charge is 0.271 e. The van der Waals surface area contributed by atoms with Gasteiger partial charge in [-0.3, -0.25) is 19.9 Å². The monoisotopic (exact) mass is 584 g/mol. The van der Waals surface area contributed by atoms with Gasteiger partial charge in [-0.1, -0.05) is 18.2 Å². The number of benzene rings is 2. The molecule has 1 saturated heterocycles. The van der Waals surface area contributed by atoms with Gasteiger partial charge in [0, 0.05) is 48.4 Å². The Kier molecular flexibility index (Phi) is 8.21. The molecular weight excluding hydrogens is 552 g/mol. The van der Waals surface area contributed by atoms with Crippen LogP contribution in [0.3, 0.4) is 0 Å². The van der Waals surface area contributed by atoms with Crippen molar-refractivity contribution in [3.63, 3.8) is 0 Å². The van der Waals surface area contributed by atoms with Gasteiger partial charge in [-0.25, -0.2) is 0 Å². The number of aryl methyl sites for hydroxylation is 2. The van der Waals surface area contributed by atoms with Crippen LogP contribution in [0.2, 0.25) is 0 Å². The van der Waals surface area contributed by atoms with Crippen LogP contribution in [0.1, 0.15) is 46.7 Å². The van der Waals surface area contributed by atoms with Gasteiger partial charge in [0.05, 0.1) is 35.5 Å². The molecule has 2 aromatic heterocycles. The predicted octanol–water partition coefficient (Wildman–Crippen LogP) is 5.72. The van der Waals surface area contributed by atoms with Gasteiger partial charge >= 0.3 is 0 Å². The number of aromatic nitrogens is 2. The number of hydrogen-bond donors (Lipinski definition) is 2. The van der Waals surface area contributed by atoms with Crippen molar-refractivity contribution < 1.29 is 14.5 Å². The van der Waals surface area contributed by atoms with Crippen molar-refractivity contribution in [2.24, 2.45) is 0 Å². The number of pyridine rings is 1. The lowest BCUT2D eigenvalue weighted by Gasteiger charge is -2.28. The Morgan fingerprint density at radius 2 is 1.93 bits per heavy atom. The van der Waals surface area contributed by atoms with Gasteiger partial charge in [0.1, 0.15) is 5.75 Å². The lowest BCUT2D eigenvalue weighted by Crippen LogP contribution is -2.32. The molecule has 1 aliphatic heterocycles. The number of hydrogen-bond acceptors (Lipinski definition) is 6. The molecule has 2 N–H and O–H groups in total. The number of methoxy groups -OCH3 is 1. The number of amides is 1. The van der Waals surface area contributed by atoms with Gasteiger partial charge in [0.2, 0.25) is 5.91 Å². The summed E-state index contributed by atoms with van der Waals surface area (Å²) in [5.74, 6) is 0.398. The summed E-state index contributed by atoms with van der Waals surface area (Å²) in [6.07, 6.45) is 1.96. The van der Waals surface area contributed by atoms with Crippen LogP contribution in [0.15, 0.2) is 72.9 Å². The summed E-state index contributed by atoms with van der Waals surface area (Å²) in [7, 11) is 1.54. The van der Waals surface area contributed by atoms with E-state index in [1.165, 1.54) is 12.1 Å². The van der Waals surface area contributed by atoms with E-state index in [-0.39, 0.29) is 30.1 Å². The van der Waals surface area contributed by atoms with E-state index in [1.807, 2.05) is 72.7 Å². The average molecular weight is 585 g/mol. The van der Waals surface area contributed by atoms with E-state index >= 15 is 0 Å². The topological polar surface area (TPSA) is 115 Å². The summed E-state index contributed by atoms with van der Waals surface area (Å²) < 4.78 is 7.55. The highest BCUT2D eigenvalue weighted by Crippen LogP contribution is 2.42. The third-order valence-corrected chi connectivity index (χ3v) is 7.83. The molecule has 0 spiro atoms. The van der Waals surface area contributed by atoms with Crippen molar-refractivity contribution in [3.8, 4) is 11.4 Å².